The topological polar surface area (TPSA) is 100 Å². The molecule has 0 radical (unpaired) electrons. The highest BCUT2D eigenvalue weighted by atomic mass is 31.2. The molecule has 206 valence electrons. The molecule has 37 heavy (non-hydrogen) atoms. The van der Waals surface area contributed by atoms with E-state index in [1.165, 1.54) is 12.5 Å². The minimum absolute atomic E-state index is 0.0271. The summed E-state index contributed by atoms with van der Waals surface area (Å²) in [6.07, 6.45) is 8.09. The Morgan fingerprint density at radius 1 is 1.24 bits per heavy atom. The fourth-order valence-corrected chi connectivity index (χ4v) is 6.83. The quantitative estimate of drug-likeness (QED) is 0.141. The smallest absolute Gasteiger partial charge is 0.424 e. The Morgan fingerprint density at radius 2 is 1.97 bits per heavy atom. The molecule has 0 aromatic heterocycles. The van der Waals surface area contributed by atoms with Gasteiger partial charge in [-0.3, -0.25) is 4.79 Å². The van der Waals surface area contributed by atoms with Crippen molar-refractivity contribution in [3.05, 3.63) is 34.9 Å². The highest BCUT2D eigenvalue weighted by Crippen LogP contribution is 2.56. The van der Waals surface area contributed by atoms with Gasteiger partial charge in [0.1, 0.15) is 23.1 Å². The lowest BCUT2D eigenvalue weighted by Crippen LogP contribution is -2.45. The molecule has 4 unspecified atom stereocenters. The molecule has 0 saturated carbocycles. The highest BCUT2D eigenvalue weighted by molar-refractivity contribution is 7.74. The van der Waals surface area contributed by atoms with Crippen LogP contribution in [-0.4, -0.2) is 37.0 Å². The number of esters is 1. The lowest BCUT2D eigenvalue weighted by molar-refractivity contribution is -0.144. The summed E-state index contributed by atoms with van der Waals surface area (Å²) in [6.45, 7) is 11.8. The molecule has 0 fully saturated rings. The number of aryl methyl sites for hydroxylation is 1. The maximum atomic E-state index is 14.0. The normalized spacial score (nSPS) is 22.3. The molecule has 1 aromatic carbocycles. The van der Waals surface area contributed by atoms with E-state index in [1.807, 2.05) is 12.1 Å². The van der Waals surface area contributed by atoms with Gasteiger partial charge in [0, 0.05) is 17.4 Å². The second kappa shape index (κ2) is 12.0. The lowest BCUT2D eigenvalue weighted by Gasteiger charge is -2.47. The van der Waals surface area contributed by atoms with Crippen molar-refractivity contribution >= 4 is 19.2 Å². The summed E-state index contributed by atoms with van der Waals surface area (Å²) >= 11 is 0. The number of carbonyl (C=O) groups is 2. The van der Waals surface area contributed by atoms with Crippen LogP contribution < -0.4 is 14.3 Å². The van der Waals surface area contributed by atoms with Gasteiger partial charge in [-0.2, -0.15) is 0 Å². The molecule has 0 amide bonds. The van der Waals surface area contributed by atoms with Crippen molar-refractivity contribution < 1.29 is 32.9 Å². The first-order valence-corrected chi connectivity index (χ1v) is 14.9. The number of methoxy groups -OCH3 is 1. The fraction of sp³-hybridized carbons (Fsp3) is 0.643. The molecule has 4 atom stereocenters. The molecule has 0 bridgehead atoms. The van der Waals surface area contributed by atoms with Gasteiger partial charge >= 0.3 is 19.2 Å². The summed E-state index contributed by atoms with van der Waals surface area (Å²) in [4.78, 5) is 25.1. The van der Waals surface area contributed by atoms with Crippen molar-refractivity contribution in [3.63, 3.8) is 0 Å². The van der Waals surface area contributed by atoms with Crippen LogP contribution in [0.5, 0.6) is 11.5 Å². The third-order valence-corrected chi connectivity index (χ3v) is 9.07. The predicted molar refractivity (Wildman–Crippen MR) is 143 cm³/mol. The first-order chi connectivity index (χ1) is 17.5. The van der Waals surface area contributed by atoms with Crippen molar-refractivity contribution in [3.8, 4) is 11.5 Å². The van der Waals surface area contributed by atoms with E-state index in [2.05, 4.69) is 38.9 Å². The maximum Gasteiger partial charge on any atom is 0.424 e. The molecule has 2 aliphatic rings. The monoisotopic (exact) mass is 535 g/mol. The number of hydrogen-bond donors (Lipinski definition) is 1. The lowest BCUT2D eigenvalue weighted by atomic mass is 9.68. The van der Waals surface area contributed by atoms with Gasteiger partial charge in [0.25, 0.3) is 0 Å². The molecule has 1 aromatic rings. The van der Waals surface area contributed by atoms with Crippen molar-refractivity contribution in [2.75, 3.05) is 13.7 Å². The maximum absolute atomic E-state index is 14.0. The fourth-order valence-electron chi connectivity index (χ4n) is 5.31. The highest BCUT2D eigenvalue weighted by Gasteiger charge is 2.47. The van der Waals surface area contributed by atoms with Gasteiger partial charge in [-0.1, -0.05) is 31.4 Å². The van der Waals surface area contributed by atoms with Crippen LogP contribution in [-0.2, 0) is 25.3 Å². The summed E-state index contributed by atoms with van der Waals surface area (Å²) in [5, 5.41) is 2.58. The average Bonchev–Trinajstić information content (AvgIpc) is 2.82. The summed E-state index contributed by atoms with van der Waals surface area (Å²) in [6, 6.07) is 2.86. The third-order valence-electron chi connectivity index (χ3n) is 7.23. The standard InChI is InChI=1S/C28H42NO7P/c1-8-10-11-12-20-16-23-25(21-15-18(3)13-14-22(21)28(5,6)35-23)24(17-20)36-37(32,27(31)33-7)29-19(4)26(30)34-9-2/h15-17,19,21-22H,8-14H2,1-7H3,(H,29,32). The Hall–Kier alpha value is -2.31. The second-order valence-corrected chi connectivity index (χ2v) is 12.5. The van der Waals surface area contributed by atoms with Crippen LogP contribution in [0.15, 0.2) is 23.8 Å². The van der Waals surface area contributed by atoms with Crippen LogP contribution in [0, 0.1) is 5.92 Å². The number of hydrogen-bond acceptors (Lipinski definition) is 7. The number of benzene rings is 1. The van der Waals surface area contributed by atoms with Gasteiger partial charge in [0.2, 0.25) is 0 Å². The minimum atomic E-state index is -4.35. The van der Waals surface area contributed by atoms with E-state index < -0.39 is 30.8 Å². The number of carbonyl (C=O) groups excluding carboxylic acids is 2. The first-order valence-electron chi connectivity index (χ1n) is 13.3. The molecule has 1 aliphatic heterocycles. The second-order valence-electron chi connectivity index (χ2n) is 10.6. The predicted octanol–water partition coefficient (Wildman–Crippen LogP) is 6.91. The Balaban J connectivity index is 2.12. The van der Waals surface area contributed by atoms with Gasteiger partial charge in [0.05, 0.1) is 13.7 Å². The van der Waals surface area contributed by atoms with Crippen LogP contribution in [0.4, 0.5) is 4.79 Å². The van der Waals surface area contributed by atoms with E-state index in [0.717, 1.165) is 56.8 Å². The van der Waals surface area contributed by atoms with E-state index in [1.54, 1.807) is 6.92 Å². The van der Waals surface area contributed by atoms with Crippen molar-refractivity contribution in [1.29, 1.82) is 0 Å². The van der Waals surface area contributed by atoms with Crippen molar-refractivity contribution in [1.82, 2.24) is 5.09 Å². The van der Waals surface area contributed by atoms with Gasteiger partial charge in [-0.05, 0) is 78.0 Å². The van der Waals surface area contributed by atoms with Crippen molar-refractivity contribution in [2.24, 2.45) is 5.92 Å². The Bertz CT molecular complexity index is 1080. The first kappa shape index (κ1) is 29.2. The summed E-state index contributed by atoms with van der Waals surface area (Å²) in [5.74, 6) is 0.511. The van der Waals surface area contributed by atoms with Gasteiger partial charge in [-0.25, -0.2) is 14.4 Å². The number of nitrogens with one attached hydrogen (secondary N) is 1. The van der Waals surface area contributed by atoms with Gasteiger partial charge in [-0.15, -0.1) is 0 Å². The SMILES string of the molecule is CCCCCc1cc2c(c(OP(=O)(NC(C)C(=O)OCC)C(=O)OC)c1)C1C=C(C)CCC1C(C)(C)O2. The van der Waals surface area contributed by atoms with Crippen molar-refractivity contribution in [2.45, 2.75) is 97.6 Å². The number of rotatable bonds is 11. The van der Waals surface area contributed by atoms with E-state index in [9.17, 15) is 14.2 Å². The Labute approximate surface area is 221 Å². The molecule has 1 heterocycles. The summed E-state index contributed by atoms with van der Waals surface area (Å²) in [5.41, 5.74) is 1.54. The Morgan fingerprint density at radius 3 is 2.62 bits per heavy atom. The molecular weight excluding hydrogens is 493 g/mol. The molecule has 9 heteroatoms. The molecule has 8 nitrogen and oxygen atoms in total. The summed E-state index contributed by atoms with van der Waals surface area (Å²) in [7, 11) is -3.21. The number of unbranched alkanes of at least 4 members (excludes halogenated alkanes) is 2. The molecule has 1 N–H and O–H groups in total. The van der Waals surface area contributed by atoms with Crippen LogP contribution in [0.1, 0.15) is 90.7 Å². The van der Waals surface area contributed by atoms with E-state index in [0.29, 0.717) is 11.5 Å². The van der Waals surface area contributed by atoms with Gasteiger partial charge < -0.3 is 18.7 Å². The van der Waals surface area contributed by atoms with Crippen LogP contribution in [0.25, 0.3) is 0 Å². The van der Waals surface area contributed by atoms with E-state index in [-0.39, 0.29) is 18.4 Å². The number of ether oxygens (including phenoxy) is 3. The van der Waals surface area contributed by atoms with E-state index >= 15 is 0 Å². The Kier molecular flexibility index (Phi) is 9.52. The molecule has 1 aliphatic carbocycles. The third kappa shape index (κ3) is 6.58. The molecule has 0 spiro atoms. The molecule has 0 saturated heterocycles. The van der Waals surface area contributed by atoms with Crippen LogP contribution in [0.2, 0.25) is 0 Å². The summed E-state index contributed by atoms with van der Waals surface area (Å²) < 4.78 is 36.5. The zero-order valence-corrected chi connectivity index (χ0v) is 24.1. The number of fused-ring (bicyclic) bond motifs is 3. The number of allylic oxidation sites excluding steroid dienone is 2. The van der Waals surface area contributed by atoms with Gasteiger partial charge in [0.15, 0.2) is 0 Å². The molecular formula is C28H42NO7P. The largest absolute Gasteiger partial charge is 0.487 e. The minimum Gasteiger partial charge on any atom is -0.487 e. The molecule has 3 rings (SSSR count). The zero-order valence-electron chi connectivity index (χ0n) is 23.2. The zero-order chi connectivity index (χ0) is 27.4. The van der Waals surface area contributed by atoms with E-state index in [4.69, 9.17) is 18.7 Å². The van der Waals surface area contributed by atoms with Crippen LogP contribution >= 0.6 is 7.52 Å². The average molecular weight is 536 g/mol. The van der Waals surface area contributed by atoms with Crippen LogP contribution in [0.3, 0.4) is 0 Å².